The second kappa shape index (κ2) is 7.61. The molecule has 0 saturated heterocycles. The van der Waals surface area contributed by atoms with Crippen LogP contribution in [0, 0.1) is 5.41 Å². The Kier molecular flexibility index (Phi) is 5.82. The first-order chi connectivity index (χ1) is 9.78. The molecule has 110 valence electrons. The highest BCUT2D eigenvalue weighted by Crippen LogP contribution is 2.44. The summed E-state index contributed by atoms with van der Waals surface area (Å²) in [6.45, 7) is 2.25. The van der Waals surface area contributed by atoms with E-state index < -0.39 is 0 Å². The summed E-state index contributed by atoms with van der Waals surface area (Å²) < 4.78 is 0. The van der Waals surface area contributed by atoms with Crippen LogP contribution in [0.2, 0.25) is 0 Å². The number of hydrogen-bond acceptors (Lipinski definition) is 1. The second-order valence-corrected chi connectivity index (χ2v) is 6.35. The summed E-state index contributed by atoms with van der Waals surface area (Å²) in [7, 11) is 0. The lowest BCUT2D eigenvalue weighted by Crippen LogP contribution is -2.28. The van der Waals surface area contributed by atoms with Gasteiger partial charge in [-0.1, -0.05) is 82.2 Å². The van der Waals surface area contributed by atoms with E-state index in [0.717, 1.165) is 24.8 Å². The molecule has 0 radical (unpaired) electrons. The van der Waals surface area contributed by atoms with E-state index in [1.165, 1.54) is 44.9 Å². The fraction of sp³-hybridized carbons (Fsp3) is 0.632. The predicted octanol–water partition coefficient (Wildman–Crippen LogP) is 5.79. The van der Waals surface area contributed by atoms with Crippen molar-refractivity contribution >= 4 is 5.78 Å². The Bertz CT molecular complexity index is 401. The molecule has 0 amide bonds. The fourth-order valence-corrected chi connectivity index (χ4v) is 3.61. The Hall–Kier alpha value is -1.11. The molecule has 1 aromatic carbocycles. The van der Waals surface area contributed by atoms with Crippen molar-refractivity contribution in [3.63, 3.8) is 0 Å². The predicted molar refractivity (Wildman–Crippen MR) is 85.0 cm³/mol. The summed E-state index contributed by atoms with van der Waals surface area (Å²) in [6, 6.07) is 9.93. The van der Waals surface area contributed by atoms with E-state index in [2.05, 4.69) is 6.92 Å². The van der Waals surface area contributed by atoms with Crippen LogP contribution >= 0.6 is 0 Å². The maximum atomic E-state index is 12.9. The van der Waals surface area contributed by atoms with Crippen LogP contribution < -0.4 is 0 Å². The number of unbranched alkanes of at least 4 members (excludes halogenated alkanes) is 4. The first kappa shape index (κ1) is 15.3. The molecular weight excluding hydrogens is 244 g/mol. The van der Waals surface area contributed by atoms with Crippen LogP contribution in [0.1, 0.15) is 81.5 Å². The Morgan fingerprint density at radius 2 is 1.65 bits per heavy atom. The Morgan fingerprint density at radius 3 is 2.30 bits per heavy atom. The molecule has 1 aliphatic rings. The second-order valence-electron chi connectivity index (χ2n) is 6.35. The van der Waals surface area contributed by atoms with Crippen LogP contribution in [-0.4, -0.2) is 5.78 Å². The monoisotopic (exact) mass is 272 g/mol. The van der Waals surface area contributed by atoms with Crippen molar-refractivity contribution < 1.29 is 4.79 Å². The van der Waals surface area contributed by atoms with Gasteiger partial charge in [0.05, 0.1) is 0 Å². The van der Waals surface area contributed by atoms with Gasteiger partial charge >= 0.3 is 0 Å². The molecule has 0 N–H and O–H groups in total. The molecule has 1 fully saturated rings. The number of benzene rings is 1. The van der Waals surface area contributed by atoms with Gasteiger partial charge in [0.25, 0.3) is 0 Å². The molecule has 1 nitrogen and oxygen atoms in total. The normalized spacial score (nSPS) is 17.2. The largest absolute Gasteiger partial charge is 0.294 e. The molecule has 0 unspecified atom stereocenters. The van der Waals surface area contributed by atoms with Gasteiger partial charge in [0.15, 0.2) is 5.78 Å². The van der Waals surface area contributed by atoms with Gasteiger partial charge in [-0.25, -0.2) is 0 Å². The number of ketones is 1. The van der Waals surface area contributed by atoms with E-state index in [9.17, 15) is 4.79 Å². The molecule has 0 heterocycles. The van der Waals surface area contributed by atoms with Crippen LogP contribution in [0.25, 0.3) is 0 Å². The molecule has 0 aromatic heterocycles. The van der Waals surface area contributed by atoms with Crippen LogP contribution in [0.15, 0.2) is 30.3 Å². The van der Waals surface area contributed by atoms with Crippen molar-refractivity contribution in [2.24, 2.45) is 5.41 Å². The van der Waals surface area contributed by atoms with Gasteiger partial charge in [-0.15, -0.1) is 0 Å². The molecule has 0 spiro atoms. The molecule has 0 aliphatic heterocycles. The molecule has 1 aliphatic carbocycles. The van der Waals surface area contributed by atoms with Crippen LogP contribution in [-0.2, 0) is 0 Å². The van der Waals surface area contributed by atoms with Gasteiger partial charge in [-0.3, -0.25) is 4.79 Å². The van der Waals surface area contributed by atoms with Crippen LogP contribution in [0.3, 0.4) is 0 Å². The molecule has 0 bridgehead atoms. The van der Waals surface area contributed by atoms with Crippen molar-refractivity contribution in [3.05, 3.63) is 35.9 Å². The van der Waals surface area contributed by atoms with E-state index in [4.69, 9.17) is 0 Å². The average Bonchev–Trinajstić information content (AvgIpc) is 2.97. The zero-order chi connectivity index (χ0) is 14.3. The van der Waals surface area contributed by atoms with E-state index in [-0.39, 0.29) is 5.41 Å². The van der Waals surface area contributed by atoms with Crippen molar-refractivity contribution in [2.45, 2.75) is 71.1 Å². The van der Waals surface area contributed by atoms with E-state index in [0.29, 0.717) is 5.78 Å². The number of Topliss-reactive ketones (excluding diaryl/α,β-unsaturated/α-hetero) is 1. The number of rotatable bonds is 8. The zero-order valence-electron chi connectivity index (χ0n) is 12.9. The van der Waals surface area contributed by atoms with E-state index in [1.807, 2.05) is 30.3 Å². The summed E-state index contributed by atoms with van der Waals surface area (Å²) in [6.07, 6.45) is 12.2. The van der Waals surface area contributed by atoms with Crippen molar-refractivity contribution in [3.8, 4) is 0 Å². The average molecular weight is 272 g/mol. The Morgan fingerprint density at radius 1 is 1.00 bits per heavy atom. The quantitative estimate of drug-likeness (QED) is 0.432. The third kappa shape index (κ3) is 3.71. The highest BCUT2D eigenvalue weighted by Gasteiger charge is 2.40. The minimum Gasteiger partial charge on any atom is -0.294 e. The standard InChI is InChI=1S/C19H28O/c1-2-3-4-5-9-14-19(15-10-11-16-19)18(20)17-12-7-6-8-13-17/h6-8,12-13H,2-5,9-11,14-16H2,1H3. The zero-order valence-corrected chi connectivity index (χ0v) is 12.9. The molecule has 1 saturated carbocycles. The lowest BCUT2D eigenvalue weighted by Gasteiger charge is -2.27. The van der Waals surface area contributed by atoms with Gasteiger partial charge in [-0.05, 0) is 19.3 Å². The first-order valence-electron chi connectivity index (χ1n) is 8.38. The Labute approximate surface area is 123 Å². The maximum Gasteiger partial charge on any atom is 0.168 e. The summed E-state index contributed by atoms with van der Waals surface area (Å²) in [5.74, 6) is 0.408. The van der Waals surface area contributed by atoms with Gasteiger partial charge in [0.1, 0.15) is 0 Å². The van der Waals surface area contributed by atoms with Crippen molar-refractivity contribution in [1.82, 2.24) is 0 Å². The van der Waals surface area contributed by atoms with Gasteiger partial charge in [0.2, 0.25) is 0 Å². The Balaban J connectivity index is 1.97. The lowest BCUT2D eigenvalue weighted by atomic mass is 9.75. The third-order valence-electron chi connectivity index (χ3n) is 4.84. The van der Waals surface area contributed by atoms with Gasteiger partial charge in [-0.2, -0.15) is 0 Å². The summed E-state index contributed by atoms with van der Waals surface area (Å²) >= 11 is 0. The first-order valence-corrected chi connectivity index (χ1v) is 8.38. The molecule has 1 heteroatoms. The topological polar surface area (TPSA) is 17.1 Å². The van der Waals surface area contributed by atoms with Crippen molar-refractivity contribution in [1.29, 1.82) is 0 Å². The summed E-state index contributed by atoms with van der Waals surface area (Å²) in [5.41, 5.74) is 0.885. The number of carbonyl (C=O) groups excluding carboxylic acids is 1. The number of carbonyl (C=O) groups is 1. The molecular formula is C19H28O. The highest BCUT2D eigenvalue weighted by molar-refractivity contribution is 6.00. The minimum absolute atomic E-state index is 0.0342. The highest BCUT2D eigenvalue weighted by atomic mass is 16.1. The lowest BCUT2D eigenvalue weighted by molar-refractivity contribution is 0.0778. The molecule has 1 aromatic rings. The summed E-state index contributed by atoms with van der Waals surface area (Å²) in [5, 5.41) is 0. The smallest absolute Gasteiger partial charge is 0.168 e. The minimum atomic E-state index is -0.0342. The van der Waals surface area contributed by atoms with E-state index >= 15 is 0 Å². The van der Waals surface area contributed by atoms with Crippen LogP contribution in [0.4, 0.5) is 0 Å². The van der Waals surface area contributed by atoms with Gasteiger partial charge < -0.3 is 0 Å². The molecule has 2 rings (SSSR count). The third-order valence-corrected chi connectivity index (χ3v) is 4.84. The summed E-state index contributed by atoms with van der Waals surface area (Å²) in [4.78, 5) is 12.9. The fourth-order valence-electron chi connectivity index (χ4n) is 3.61. The SMILES string of the molecule is CCCCCCCC1(C(=O)c2ccccc2)CCCC1. The van der Waals surface area contributed by atoms with Crippen LogP contribution in [0.5, 0.6) is 0 Å². The van der Waals surface area contributed by atoms with Crippen molar-refractivity contribution in [2.75, 3.05) is 0 Å². The van der Waals surface area contributed by atoms with Gasteiger partial charge in [0, 0.05) is 11.0 Å². The van der Waals surface area contributed by atoms with E-state index in [1.54, 1.807) is 0 Å². The number of hydrogen-bond donors (Lipinski definition) is 0. The molecule has 0 atom stereocenters. The maximum absolute atomic E-state index is 12.9. The molecule has 20 heavy (non-hydrogen) atoms.